The minimum absolute atomic E-state index is 0.745. The van der Waals surface area contributed by atoms with E-state index in [2.05, 4.69) is 24.5 Å². The fraction of sp³-hybridized carbons (Fsp3) is 1.00. The van der Waals surface area contributed by atoms with Gasteiger partial charge in [-0.25, -0.2) is 0 Å². The van der Waals surface area contributed by atoms with Gasteiger partial charge < -0.3 is 10.6 Å². The molecule has 0 bridgehead atoms. The maximum Gasteiger partial charge on any atom is 0.0192 e. The Hall–Kier alpha value is -0.0800. The molecule has 1 aliphatic rings. The van der Waals surface area contributed by atoms with Crippen molar-refractivity contribution in [3.63, 3.8) is 0 Å². The van der Waals surface area contributed by atoms with E-state index >= 15 is 0 Å². The molecule has 1 rings (SSSR count). The second kappa shape index (κ2) is 6.39. The summed E-state index contributed by atoms with van der Waals surface area (Å²) >= 11 is 0. The van der Waals surface area contributed by atoms with Gasteiger partial charge in [0.1, 0.15) is 0 Å². The number of hydrogen-bond acceptors (Lipinski definition) is 2. The Labute approximate surface area is 82.5 Å². The number of hydrogen-bond donors (Lipinski definition) is 2. The van der Waals surface area contributed by atoms with Gasteiger partial charge >= 0.3 is 0 Å². The molecule has 13 heavy (non-hydrogen) atoms. The molecule has 0 aromatic rings. The summed E-state index contributed by atoms with van der Waals surface area (Å²) in [5.41, 5.74) is 0. The molecule has 2 heteroatoms. The summed E-state index contributed by atoms with van der Waals surface area (Å²) in [5.74, 6) is 0.876. The molecule has 1 fully saturated rings. The molecule has 0 amide bonds. The van der Waals surface area contributed by atoms with Gasteiger partial charge in [0.05, 0.1) is 0 Å². The van der Waals surface area contributed by atoms with Crippen LogP contribution in [-0.4, -0.2) is 25.7 Å². The van der Waals surface area contributed by atoms with Gasteiger partial charge in [-0.05, 0) is 31.8 Å². The first-order valence-electron chi connectivity index (χ1n) is 5.80. The molecular weight excluding hydrogens is 160 g/mol. The lowest BCUT2D eigenvalue weighted by molar-refractivity contribution is 0.429. The van der Waals surface area contributed by atoms with Crippen LogP contribution in [0.25, 0.3) is 0 Å². The van der Waals surface area contributed by atoms with E-state index in [0.29, 0.717) is 0 Å². The molecule has 0 aromatic heterocycles. The van der Waals surface area contributed by atoms with Crippen LogP contribution >= 0.6 is 0 Å². The van der Waals surface area contributed by atoms with Gasteiger partial charge in [-0.2, -0.15) is 0 Å². The molecule has 0 spiro atoms. The van der Waals surface area contributed by atoms with Crippen molar-refractivity contribution in [3.05, 3.63) is 0 Å². The molecule has 1 saturated heterocycles. The zero-order chi connectivity index (χ0) is 9.52. The molecule has 2 nitrogen and oxygen atoms in total. The SMILES string of the molecule is CCC(CC)CNCC1CCCN1. The average Bonchev–Trinajstić information content (AvgIpc) is 2.65. The Bertz CT molecular complexity index is 113. The molecule has 1 aliphatic heterocycles. The van der Waals surface area contributed by atoms with Crippen LogP contribution in [0.3, 0.4) is 0 Å². The Morgan fingerprint density at radius 3 is 2.69 bits per heavy atom. The lowest BCUT2D eigenvalue weighted by atomic mass is 10.0. The van der Waals surface area contributed by atoms with Crippen molar-refractivity contribution < 1.29 is 0 Å². The third-order valence-electron chi connectivity index (χ3n) is 3.14. The Morgan fingerprint density at radius 1 is 1.38 bits per heavy atom. The Balaban J connectivity index is 1.98. The molecule has 0 aliphatic carbocycles. The van der Waals surface area contributed by atoms with E-state index < -0.39 is 0 Å². The summed E-state index contributed by atoms with van der Waals surface area (Å²) < 4.78 is 0. The van der Waals surface area contributed by atoms with Gasteiger partial charge in [0, 0.05) is 12.6 Å². The van der Waals surface area contributed by atoms with E-state index in [1.807, 2.05) is 0 Å². The highest BCUT2D eigenvalue weighted by Gasteiger charge is 2.13. The first-order chi connectivity index (χ1) is 6.36. The second-order valence-corrected chi connectivity index (χ2v) is 4.13. The average molecular weight is 184 g/mol. The Morgan fingerprint density at radius 2 is 2.15 bits per heavy atom. The van der Waals surface area contributed by atoms with Crippen LogP contribution in [0.2, 0.25) is 0 Å². The molecule has 1 atom stereocenters. The lowest BCUT2D eigenvalue weighted by Crippen LogP contribution is -2.36. The summed E-state index contributed by atoms with van der Waals surface area (Å²) in [6.07, 6.45) is 5.33. The summed E-state index contributed by atoms with van der Waals surface area (Å²) in [4.78, 5) is 0. The van der Waals surface area contributed by atoms with Gasteiger partial charge in [0.25, 0.3) is 0 Å². The molecule has 1 heterocycles. The third kappa shape index (κ3) is 4.10. The summed E-state index contributed by atoms with van der Waals surface area (Å²) in [6.45, 7) is 8.15. The van der Waals surface area contributed by atoms with Crippen LogP contribution in [0.1, 0.15) is 39.5 Å². The van der Waals surface area contributed by atoms with Crippen molar-refractivity contribution in [2.24, 2.45) is 5.92 Å². The van der Waals surface area contributed by atoms with E-state index in [1.165, 1.54) is 38.8 Å². The smallest absolute Gasteiger partial charge is 0.0192 e. The maximum atomic E-state index is 3.57. The van der Waals surface area contributed by atoms with Crippen molar-refractivity contribution in [2.75, 3.05) is 19.6 Å². The van der Waals surface area contributed by atoms with Crippen LogP contribution in [0, 0.1) is 5.92 Å². The highest BCUT2D eigenvalue weighted by molar-refractivity contribution is 4.76. The van der Waals surface area contributed by atoms with Crippen molar-refractivity contribution in [2.45, 2.75) is 45.6 Å². The van der Waals surface area contributed by atoms with E-state index in [-0.39, 0.29) is 0 Å². The van der Waals surface area contributed by atoms with Gasteiger partial charge in [-0.1, -0.05) is 26.7 Å². The van der Waals surface area contributed by atoms with Crippen molar-refractivity contribution in [1.82, 2.24) is 10.6 Å². The van der Waals surface area contributed by atoms with Crippen molar-refractivity contribution in [1.29, 1.82) is 0 Å². The normalized spacial score (nSPS) is 22.8. The topological polar surface area (TPSA) is 24.1 Å². The van der Waals surface area contributed by atoms with E-state index in [0.717, 1.165) is 18.5 Å². The lowest BCUT2D eigenvalue weighted by Gasteiger charge is -2.16. The fourth-order valence-electron chi connectivity index (χ4n) is 1.97. The standard InChI is InChI=1S/C11H24N2/c1-3-10(4-2)8-12-9-11-6-5-7-13-11/h10-13H,3-9H2,1-2H3. The highest BCUT2D eigenvalue weighted by Crippen LogP contribution is 2.06. The third-order valence-corrected chi connectivity index (χ3v) is 3.14. The minimum atomic E-state index is 0.745. The predicted octanol–water partition coefficient (Wildman–Crippen LogP) is 1.76. The van der Waals surface area contributed by atoms with E-state index in [1.54, 1.807) is 0 Å². The van der Waals surface area contributed by atoms with Crippen LogP contribution in [0.4, 0.5) is 0 Å². The van der Waals surface area contributed by atoms with E-state index in [9.17, 15) is 0 Å². The summed E-state index contributed by atoms with van der Waals surface area (Å²) in [5, 5.41) is 7.07. The Kier molecular flexibility index (Phi) is 5.40. The monoisotopic (exact) mass is 184 g/mol. The van der Waals surface area contributed by atoms with E-state index in [4.69, 9.17) is 0 Å². The maximum absolute atomic E-state index is 3.57. The van der Waals surface area contributed by atoms with Crippen molar-refractivity contribution in [3.8, 4) is 0 Å². The quantitative estimate of drug-likeness (QED) is 0.657. The molecule has 78 valence electrons. The molecule has 2 N–H and O–H groups in total. The first kappa shape index (κ1) is 11.0. The van der Waals surface area contributed by atoms with Gasteiger partial charge in [0.15, 0.2) is 0 Å². The fourth-order valence-corrected chi connectivity index (χ4v) is 1.97. The van der Waals surface area contributed by atoms with Crippen LogP contribution in [0.5, 0.6) is 0 Å². The molecular formula is C11H24N2. The van der Waals surface area contributed by atoms with Gasteiger partial charge in [-0.15, -0.1) is 0 Å². The van der Waals surface area contributed by atoms with Crippen LogP contribution < -0.4 is 10.6 Å². The van der Waals surface area contributed by atoms with Crippen molar-refractivity contribution >= 4 is 0 Å². The zero-order valence-corrected chi connectivity index (χ0v) is 9.10. The van der Waals surface area contributed by atoms with Crippen LogP contribution in [0.15, 0.2) is 0 Å². The van der Waals surface area contributed by atoms with Gasteiger partial charge in [0.2, 0.25) is 0 Å². The highest BCUT2D eigenvalue weighted by atomic mass is 15.0. The predicted molar refractivity (Wildman–Crippen MR) is 58.0 cm³/mol. The molecule has 0 aromatic carbocycles. The largest absolute Gasteiger partial charge is 0.315 e. The van der Waals surface area contributed by atoms with Crippen LogP contribution in [-0.2, 0) is 0 Å². The number of rotatable bonds is 6. The molecule has 1 unspecified atom stereocenters. The minimum Gasteiger partial charge on any atom is -0.315 e. The summed E-state index contributed by atoms with van der Waals surface area (Å²) in [6, 6.07) is 0.745. The van der Waals surface area contributed by atoms with Gasteiger partial charge in [-0.3, -0.25) is 0 Å². The molecule has 0 radical (unpaired) electrons. The summed E-state index contributed by atoms with van der Waals surface area (Å²) in [7, 11) is 0. The zero-order valence-electron chi connectivity index (χ0n) is 9.10. The second-order valence-electron chi connectivity index (χ2n) is 4.13. The first-order valence-corrected chi connectivity index (χ1v) is 5.80. The molecule has 0 saturated carbocycles. The number of nitrogens with one attached hydrogen (secondary N) is 2.